The molecule has 0 heterocycles. The van der Waals surface area contributed by atoms with Crippen LogP contribution in [0.3, 0.4) is 0 Å². The number of fused-ring (bicyclic) bond motifs is 1. The predicted molar refractivity (Wildman–Crippen MR) is 94.8 cm³/mol. The molecule has 2 aromatic rings. The number of carbonyl (C=O) groups is 1. The topological polar surface area (TPSA) is 66.8 Å². The molecule has 0 bridgehead atoms. The van der Waals surface area contributed by atoms with E-state index in [1.165, 1.54) is 16.3 Å². The fourth-order valence-corrected chi connectivity index (χ4v) is 2.97. The average Bonchev–Trinajstić information content (AvgIpc) is 2.55. The van der Waals surface area contributed by atoms with Crippen molar-refractivity contribution in [1.82, 2.24) is 0 Å². The van der Waals surface area contributed by atoms with Crippen molar-refractivity contribution in [2.24, 2.45) is 0 Å². The zero-order valence-corrected chi connectivity index (χ0v) is 14.1. The van der Waals surface area contributed by atoms with Crippen LogP contribution < -0.4 is 0 Å². The number of hydrogen-bond donors (Lipinski definition) is 2. The van der Waals surface area contributed by atoms with Gasteiger partial charge in [-0.05, 0) is 48.9 Å². The number of carbonyl (C=O) groups excluding carboxylic acids is 1. The van der Waals surface area contributed by atoms with Crippen LogP contribution in [0.2, 0.25) is 0 Å². The number of rotatable bonds is 9. The van der Waals surface area contributed by atoms with Gasteiger partial charge in [0.15, 0.2) is 0 Å². The van der Waals surface area contributed by atoms with Crippen LogP contribution in [0.1, 0.15) is 38.2 Å². The van der Waals surface area contributed by atoms with Gasteiger partial charge in [0.2, 0.25) is 0 Å². The summed E-state index contributed by atoms with van der Waals surface area (Å²) >= 11 is 0. The highest BCUT2D eigenvalue weighted by molar-refractivity contribution is 5.85. The van der Waals surface area contributed by atoms with E-state index in [-0.39, 0.29) is 12.8 Å². The van der Waals surface area contributed by atoms with E-state index in [1.54, 1.807) is 6.92 Å². The number of hydrogen-bond acceptors (Lipinski definition) is 4. The van der Waals surface area contributed by atoms with Crippen molar-refractivity contribution in [2.75, 3.05) is 6.61 Å². The monoisotopic (exact) mass is 330 g/mol. The molecule has 2 rings (SSSR count). The Bertz CT molecular complexity index is 648. The third-order valence-corrected chi connectivity index (χ3v) is 4.12. The van der Waals surface area contributed by atoms with E-state index >= 15 is 0 Å². The summed E-state index contributed by atoms with van der Waals surface area (Å²) < 4.78 is 4.79. The molecule has 0 aliphatic rings. The van der Waals surface area contributed by atoms with Gasteiger partial charge in [0.1, 0.15) is 0 Å². The summed E-state index contributed by atoms with van der Waals surface area (Å²) in [6.07, 6.45) is 1.00. The molecular formula is C20H26O4. The van der Waals surface area contributed by atoms with Gasteiger partial charge in [-0.3, -0.25) is 4.79 Å². The van der Waals surface area contributed by atoms with E-state index in [1.807, 2.05) is 12.1 Å². The first-order valence-corrected chi connectivity index (χ1v) is 8.58. The Hall–Kier alpha value is -1.91. The van der Waals surface area contributed by atoms with Crippen molar-refractivity contribution >= 4 is 16.7 Å². The first-order chi connectivity index (χ1) is 11.6. The fraction of sp³-hybridized carbons (Fsp3) is 0.450. The predicted octanol–water partition coefficient (Wildman–Crippen LogP) is 3.23. The zero-order valence-electron chi connectivity index (χ0n) is 14.1. The van der Waals surface area contributed by atoms with Crippen molar-refractivity contribution in [3.05, 3.63) is 48.0 Å². The maximum absolute atomic E-state index is 11.3. The lowest BCUT2D eigenvalue weighted by Gasteiger charge is -2.15. The van der Waals surface area contributed by atoms with Gasteiger partial charge in [0.05, 0.1) is 25.2 Å². The Morgan fingerprint density at radius 2 is 1.83 bits per heavy atom. The van der Waals surface area contributed by atoms with Crippen LogP contribution in [-0.4, -0.2) is 35.0 Å². The van der Waals surface area contributed by atoms with Crippen LogP contribution in [0.5, 0.6) is 0 Å². The lowest BCUT2D eigenvalue weighted by atomic mass is 9.98. The fourth-order valence-electron chi connectivity index (χ4n) is 2.97. The second kappa shape index (κ2) is 9.40. The molecule has 0 fully saturated rings. The van der Waals surface area contributed by atoms with E-state index in [0.29, 0.717) is 13.0 Å². The molecule has 0 saturated heterocycles. The lowest BCUT2D eigenvalue weighted by Crippen LogP contribution is -2.22. The lowest BCUT2D eigenvalue weighted by molar-refractivity contribution is -0.145. The first kappa shape index (κ1) is 18.4. The normalized spacial score (nSPS) is 13.6. The Balaban J connectivity index is 1.78. The first-order valence-electron chi connectivity index (χ1n) is 8.58. The molecule has 0 amide bonds. The molecule has 0 aromatic heterocycles. The van der Waals surface area contributed by atoms with Crippen molar-refractivity contribution in [1.29, 1.82) is 0 Å². The molecule has 2 N–H and O–H groups in total. The van der Waals surface area contributed by atoms with Crippen LogP contribution in [0.25, 0.3) is 10.8 Å². The highest BCUT2D eigenvalue weighted by Gasteiger charge is 2.16. The van der Waals surface area contributed by atoms with Crippen molar-refractivity contribution < 1.29 is 19.7 Å². The quantitative estimate of drug-likeness (QED) is 0.693. The summed E-state index contributed by atoms with van der Waals surface area (Å²) in [6.45, 7) is 2.03. The Labute approximate surface area is 143 Å². The highest BCUT2D eigenvalue weighted by atomic mass is 16.5. The smallest absolute Gasteiger partial charge is 0.308 e. The van der Waals surface area contributed by atoms with Gasteiger partial charge < -0.3 is 14.9 Å². The van der Waals surface area contributed by atoms with Gasteiger partial charge >= 0.3 is 5.97 Å². The summed E-state index contributed by atoms with van der Waals surface area (Å²) in [6, 6.07) is 14.5. The summed E-state index contributed by atoms with van der Waals surface area (Å²) in [7, 11) is 0. The molecule has 0 spiro atoms. The number of benzene rings is 2. The summed E-state index contributed by atoms with van der Waals surface area (Å²) in [4.78, 5) is 11.3. The number of aliphatic hydroxyl groups is 2. The third-order valence-electron chi connectivity index (χ3n) is 4.12. The van der Waals surface area contributed by atoms with Crippen molar-refractivity contribution in [3.8, 4) is 0 Å². The molecule has 2 aromatic carbocycles. The average molecular weight is 330 g/mol. The van der Waals surface area contributed by atoms with Gasteiger partial charge in [0, 0.05) is 0 Å². The molecular weight excluding hydrogens is 304 g/mol. The van der Waals surface area contributed by atoms with Crippen molar-refractivity contribution in [2.45, 2.75) is 51.2 Å². The molecule has 4 nitrogen and oxygen atoms in total. The summed E-state index contributed by atoms with van der Waals surface area (Å²) in [5.74, 6) is -0.423. The minimum absolute atomic E-state index is 0.0613. The minimum atomic E-state index is -0.850. The molecule has 0 saturated carbocycles. The van der Waals surface area contributed by atoms with Gasteiger partial charge in [-0.15, -0.1) is 0 Å². The number of esters is 1. The number of ether oxygens (including phenoxy) is 1. The SMILES string of the molecule is CCOC(=O)CC(O)CC(O)CCCc1cccc2ccccc12. The maximum atomic E-state index is 11.3. The summed E-state index contributed by atoms with van der Waals surface area (Å²) in [5.41, 5.74) is 1.27. The van der Waals surface area contributed by atoms with Crippen LogP contribution in [0, 0.1) is 0 Å². The molecule has 4 heteroatoms. The molecule has 0 radical (unpaired) electrons. The standard InChI is InChI=1S/C20H26O4/c1-2-24-20(23)14-18(22)13-17(21)11-6-10-16-9-5-8-15-7-3-4-12-19(15)16/h3-5,7-9,12,17-18,21-22H,2,6,10-11,13-14H2,1H3. The van der Waals surface area contributed by atoms with Crippen LogP contribution in [-0.2, 0) is 16.0 Å². The number of aliphatic hydroxyl groups excluding tert-OH is 2. The van der Waals surface area contributed by atoms with E-state index in [4.69, 9.17) is 4.74 Å². The Morgan fingerprint density at radius 3 is 2.62 bits per heavy atom. The summed E-state index contributed by atoms with van der Waals surface area (Å²) in [5, 5.41) is 22.3. The minimum Gasteiger partial charge on any atom is -0.466 e. The second-order valence-electron chi connectivity index (χ2n) is 6.08. The molecule has 0 aliphatic heterocycles. The van der Waals surface area contributed by atoms with Crippen LogP contribution >= 0.6 is 0 Å². The van der Waals surface area contributed by atoms with E-state index in [2.05, 4.69) is 30.3 Å². The van der Waals surface area contributed by atoms with E-state index in [0.717, 1.165) is 12.8 Å². The highest BCUT2D eigenvalue weighted by Crippen LogP contribution is 2.21. The third kappa shape index (κ3) is 5.62. The molecule has 2 unspecified atom stereocenters. The zero-order chi connectivity index (χ0) is 17.4. The van der Waals surface area contributed by atoms with Crippen LogP contribution in [0.4, 0.5) is 0 Å². The van der Waals surface area contributed by atoms with E-state index in [9.17, 15) is 15.0 Å². The van der Waals surface area contributed by atoms with Crippen molar-refractivity contribution in [3.63, 3.8) is 0 Å². The molecule has 0 aliphatic carbocycles. The molecule has 2 atom stereocenters. The largest absolute Gasteiger partial charge is 0.466 e. The Morgan fingerprint density at radius 1 is 1.08 bits per heavy atom. The maximum Gasteiger partial charge on any atom is 0.308 e. The van der Waals surface area contributed by atoms with Gasteiger partial charge in [-0.25, -0.2) is 0 Å². The Kier molecular flexibility index (Phi) is 7.22. The molecule has 24 heavy (non-hydrogen) atoms. The van der Waals surface area contributed by atoms with E-state index < -0.39 is 18.2 Å². The number of aryl methyl sites for hydroxylation is 1. The van der Waals surface area contributed by atoms with Gasteiger partial charge in [-0.2, -0.15) is 0 Å². The van der Waals surface area contributed by atoms with Crippen LogP contribution in [0.15, 0.2) is 42.5 Å². The van der Waals surface area contributed by atoms with Gasteiger partial charge in [-0.1, -0.05) is 42.5 Å². The van der Waals surface area contributed by atoms with Gasteiger partial charge in [0.25, 0.3) is 0 Å². The molecule has 130 valence electrons. The second-order valence-corrected chi connectivity index (χ2v) is 6.08.